The summed E-state index contributed by atoms with van der Waals surface area (Å²) < 4.78 is 5.86. The van der Waals surface area contributed by atoms with Gasteiger partial charge in [0.15, 0.2) is 11.3 Å². The zero-order valence-electron chi connectivity index (χ0n) is 12.3. The maximum absolute atomic E-state index is 12.9. The van der Waals surface area contributed by atoms with E-state index < -0.39 is 0 Å². The number of carbonyl (C=O) groups is 1. The van der Waals surface area contributed by atoms with Crippen LogP contribution < -0.4 is 0 Å². The summed E-state index contributed by atoms with van der Waals surface area (Å²) in [7, 11) is 0. The average Bonchev–Trinajstić information content (AvgIpc) is 3.02. The van der Waals surface area contributed by atoms with Crippen LogP contribution in [0.25, 0.3) is 22.2 Å². The van der Waals surface area contributed by atoms with Crippen LogP contribution in [0.15, 0.2) is 83.4 Å². The molecule has 110 valence electrons. The van der Waals surface area contributed by atoms with Gasteiger partial charge in [0.25, 0.3) is 0 Å². The minimum absolute atomic E-state index is 0.137. The van der Waals surface area contributed by atoms with Gasteiger partial charge in [-0.1, -0.05) is 60.7 Å². The lowest BCUT2D eigenvalue weighted by Crippen LogP contribution is -2.01. The number of rotatable bonds is 3. The molecule has 2 aromatic carbocycles. The molecule has 0 aliphatic heterocycles. The molecule has 4 aromatic rings. The second-order valence-corrected chi connectivity index (χ2v) is 5.22. The molecular formula is C20H13NO2. The van der Waals surface area contributed by atoms with E-state index in [1.165, 1.54) is 0 Å². The Balaban J connectivity index is 1.98. The Labute approximate surface area is 133 Å². The minimum atomic E-state index is -0.137. The lowest BCUT2D eigenvalue weighted by atomic mass is 10.00. The van der Waals surface area contributed by atoms with Gasteiger partial charge >= 0.3 is 0 Å². The first-order valence-electron chi connectivity index (χ1n) is 7.37. The monoisotopic (exact) mass is 299 g/mol. The lowest BCUT2D eigenvalue weighted by Gasteiger charge is -2.02. The first kappa shape index (κ1) is 13.5. The van der Waals surface area contributed by atoms with Gasteiger partial charge in [0, 0.05) is 11.8 Å². The number of furan rings is 1. The fraction of sp³-hybridized carbons (Fsp3) is 0. The van der Waals surface area contributed by atoms with E-state index in [9.17, 15) is 4.79 Å². The van der Waals surface area contributed by atoms with Crippen molar-refractivity contribution in [1.82, 2.24) is 4.98 Å². The second-order valence-electron chi connectivity index (χ2n) is 5.22. The van der Waals surface area contributed by atoms with Crippen molar-refractivity contribution in [3.8, 4) is 11.1 Å². The zero-order chi connectivity index (χ0) is 15.6. The van der Waals surface area contributed by atoms with Gasteiger partial charge in [0.2, 0.25) is 5.78 Å². The summed E-state index contributed by atoms with van der Waals surface area (Å²) in [6, 6.07) is 22.5. The number of aromatic nitrogens is 1. The Hall–Kier alpha value is -3.20. The van der Waals surface area contributed by atoms with E-state index in [1.54, 1.807) is 24.4 Å². The van der Waals surface area contributed by atoms with Crippen LogP contribution in [0, 0.1) is 0 Å². The van der Waals surface area contributed by atoms with E-state index in [0.717, 1.165) is 11.1 Å². The van der Waals surface area contributed by atoms with Crippen molar-refractivity contribution in [2.45, 2.75) is 0 Å². The molecule has 4 rings (SSSR count). The number of nitrogens with zero attached hydrogens (tertiary/aromatic N) is 1. The van der Waals surface area contributed by atoms with Gasteiger partial charge in [0.05, 0.1) is 5.56 Å². The van der Waals surface area contributed by atoms with Gasteiger partial charge in [-0.25, -0.2) is 0 Å². The molecule has 0 saturated heterocycles. The molecule has 3 nitrogen and oxygen atoms in total. The average molecular weight is 299 g/mol. The second kappa shape index (κ2) is 5.54. The smallest absolute Gasteiger partial charge is 0.228 e. The van der Waals surface area contributed by atoms with Crippen LogP contribution in [-0.4, -0.2) is 10.8 Å². The van der Waals surface area contributed by atoms with Crippen LogP contribution in [0.1, 0.15) is 16.1 Å². The normalized spacial score (nSPS) is 10.8. The zero-order valence-corrected chi connectivity index (χ0v) is 12.3. The van der Waals surface area contributed by atoms with Crippen molar-refractivity contribution in [3.05, 3.63) is 90.3 Å². The number of fused-ring (bicyclic) bond motifs is 1. The van der Waals surface area contributed by atoms with E-state index in [-0.39, 0.29) is 5.78 Å². The molecular weight excluding hydrogens is 286 g/mol. The maximum Gasteiger partial charge on any atom is 0.228 e. The summed E-state index contributed by atoms with van der Waals surface area (Å²) in [5.41, 5.74) is 3.59. The summed E-state index contributed by atoms with van der Waals surface area (Å²) >= 11 is 0. The van der Waals surface area contributed by atoms with Crippen LogP contribution >= 0.6 is 0 Å². The SMILES string of the molecule is O=C(c1ccccc1)c1oc2cccnc2c1-c1ccccc1. The fourth-order valence-corrected chi connectivity index (χ4v) is 2.68. The quantitative estimate of drug-likeness (QED) is 0.514. The van der Waals surface area contributed by atoms with Crippen molar-refractivity contribution < 1.29 is 9.21 Å². The predicted molar refractivity (Wildman–Crippen MR) is 89.3 cm³/mol. The van der Waals surface area contributed by atoms with Gasteiger partial charge in [0.1, 0.15) is 5.52 Å². The molecule has 2 aromatic heterocycles. The molecule has 0 amide bonds. The summed E-state index contributed by atoms with van der Waals surface area (Å²) in [6.07, 6.45) is 1.71. The molecule has 2 heterocycles. The van der Waals surface area contributed by atoms with E-state index in [4.69, 9.17) is 4.42 Å². The first-order valence-corrected chi connectivity index (χ1v) is 7.37. The van der Waals surface area contributed by atoms with Crippen molar-refractivity contribution in [3.63, 3.8) is 0 Å². The number of benzene rings is 2. The number of ketones is 1. The molecule has 0 unspecified atom stereocenters. The van der Waals surface area contributed by atoms with Crippen LogP contribution in [0.3, 0.4) is 0 Å². The molecule has 0 bridgehead atoms. The first-order chi connectivity index (χ1) is 11.3. The van der Waals surface area contributed by atoms with Gasteiger partial charge in [-0.3, -0.25) is 9.78 Å². The number of hydrogen-bond acceptors (Lipinski definition) is 3. The van der Waals surface area contributed by atoms with Crippen molar-refractivity contribution >= 4 is 16.9 Å². The minimum Gasteiger partial charge on any atom is -0.450 e. The molecule has 0 atom stereocenters. The molecule has 23 heavy (non-hydrogen) atoms. The maximum atomic E-state index is 12.9. The Morgan fingerprint density at radius 1 is 0.826 bits per heavy atom. The Kier molecular flexibility index (Phi) is 3.24. The third kappa shape index (κ3) is 2.32. The Bertz CT molecular complexity index is 972. The van der Waals surface area contributed by atoms with Crippen LogP contribution in [-0.2, 0) is 0 Å². The largest absolute Gasteiger partial charge is 0.450 e. The van der Waals surface area contributed by atoms with Crippen molar-refractivity contribution in [2.75, 3.05) is 0 Å². The van der Waals surface area contributed by atoms with E-state index in [0.29, 0.717) is 22.4 Å². The summed E-state index contributed by atoms with van der Waals surface area (Å²) in [4.78, 5) is 17.3. The molecule has 3 heteroatoms. The standard InChI is InChI=1S/C20H13NO2/c22-19(15-10-5-2-6-11-15)20-17(14-8-3-1-4-9-14)18-16(23-20)12-7-13-21-18/h1-13H. The van der Waals surface area contributed by atoms with E-state index >= 15 is 0 Å². The number of carbonyl (C=O) groups excluding carboxylic acids is 1. The highest BCUT2D eigenvalue weighted by Crippen LogP contribution is 2.34. The van der Waals surface area contributed by atoms with Gasteiger partial charge in [-0.15, -0.1) is 0 Å². The molecule has 0 aliphatic rings. The van der Waals surface area contributed by atoms with Gasteiger partial charge in [-0.2, -0.15) is 0 Å². The topological polar surface area (TPSA) is 43.1 Å². The lowest BCUT2D eigenvalue weighted by molar-refractivity contribution is 0.101. The van der Waals surface area contributed by atoms with Crippen LogP contribution in [0.2, 0.25) is 0 Å². The van der Waals surface area contributed by atoms with E-state index in [1.807, 2.05) is 54.6 Å². The van der Waals surface area contributed by atoms with Gasteiger partial charge in [-0.05, 0) is 17.7 Å². The Morgan fingerprint density at radius 3 is 2.26 bits per heavy atom. The van der Waals surface area contributed by atoms with Crippen molar-refractivity contribution in [2.24, 2.45) is 0 Å². The van der Waals surface area contributed by atoms with E-state index in [2.05, 4.69) is 4.98 Å². The third-order valence-electron chi connectivity index (χ3n) is 3.75. The molecule has 0 saturated carbocycles. The van der Waals surface area contributed by atoms with Gasteiger partial charge < -0.3 is 4.42 Å². The molecule has 0 spiro atoms. The highest BCUT2D eigenvalue weighted by atomic mass is 16.3. The summed E-state index contributed by atoms with van der Waals surface area (Å²) in [5.74, 6) is 0.193. The molecule has 0 aliphatic carbocycles. The molecule has 0 N–H and O–H groups in total. The van der Waals surface area contributed by atoms with Crippen LogP contribution in [0.4, 0.5) is 0 Å². The molecule has 0 fully saturated rings. The predicted octanol–water partition coefficient (Wildman–Crippen LogP) is 4.73. The Morgan fingerprint density at radius 2 is 1.52 bits per heavy atom. The highest BCUT2D eigenvalue weighted by Gasteiger charge is 2.23. The third-order valence-corrected chi connectivity index (χ3v) is 3.75. The summed E-state index contributed by atoms with van der Waals surface area (Å²) in [6.45, 7) is 0. The van der Waals surface area contributed by atoms with Crippen LogP contribution in [0.5, 0.6) is 0 Å². The van der Waals surface area contributed by atoms with Crippen molar-refractivity contribution in [1.29, 1.82) is 0 Å². The highest BCUT2D eigenvalue weighted by molar-refractivity contribution is 6.14. The molecule has 0 radical (unpaired) electrons. The number of hydrogen-bond donors (Lipinski definition) is 0. The fourth-order valence-electron chi connectivity index (χ4n) is 2.68. The summed E-state index contributed by atoms with van der Waals surface area (Å²) in [5, 5.41) is 0. The number of pyridine rings is 1.